The first-order chi connectivity index (χ1) is 9.91. The molecular formula is C11H19ClN3O4PS. The minimum atomic E-state index is -3.24. The Labute approximate surface area is 132 Å². The van der Waals surface area contributed by atoms with E-state index < -0.39 is 18.7 Å². The largest absolute Gasteiger partial charge is 0.341 e. The molecule has 0 amide bonds. The summed E-state index contributed by atoms with van der Waals surface area (Å²) >= 11 is 6.60. The highest BCUT2D eigenvalue weighted by Gasteiger charge is 2.26. The van der Waals surface area contributed by atoms with Crippen LogP contribution in [0.3, 0.4) is 0 Å². The average Bonchev–Trinajstić information content (AvgIpc) is 2.93. The number of halogens is 1. The molecule has 0 spiro atoms. The first kappa shape index (κ1) is 18.5. The third-order valence-corrected chi connectivity index (χ3v) is 5.76. The van der Waals surface area contributed by atoms with E-state index in [1.54, 1.807) is 13.0 Å². The van der Waals surface area contributed by atoms with Gasteiger partial charge in [0, 0.05) is 29.9 Å². The summed E-state index contributed by atoms with van der Waals surface area (Å²) in [5.41, 5.74) is 0. The van der Waals surface area contributed by atoms with E-state index in [1.807, 2.05) is 6.92 Å². The molecule has 7 nitrogen and oxygen atoms in total. The molecule has 1 heterocycles. The van der Waals surface area contributed by atoms with Gasteiger partial charge >= 0.3 is 12.7 Å². The van der Waals surface area contributed by atoms with Crippen molar-refractivity contribution in [1.29, 1.82) is 0 Å². The second-order valence-electron chi connectivity index (χ2n) is 4.24. The van der Waals surface area contributed by atoms with Crippen molar-refractivity contribution >= 4 is 35.6 Å². The topological polar surface area (TPSA) is 93.5 Å². The van der Waals surface area contributed by atoms with Crippen molar-refractivity contribution in [3.8, 4) is 0 Å². The fourth-order valence-electron chi connectivity index (χ4n) is 1.51. The van der Waals surface area contributed by atoms with Crippen LogP contribution in [0.25, 0.3) is 0 Å². The van der Waals surface area contributed by atoms with E-state index in [9.17, 15) is 14.7 Å². The maximum atomic E-state index is 12.6. The normalized spacial score (nSPS) is 15.6. The van der Waals surface area contributed by atoms with Crippen molar-refractivity contribution in [2.45, 2.75) is 26.4 Å². The third-order valence-electron chi connectivity index (χ3n) is 2.48. The molecule has 0 aromatic carbocycles. The fourth-order valence-corrected chi connectivity index (χ4v) is 4.36. The van der Waals surface area contributed by atoms with Gasteiger partial charge in [0.2, 0.25) is 0 Å². The van der Waals surface area contributed by atoms with Gasteiger partial charge in [-0.3, -0.25) is 19.2 Å². The van der Waals surface area contributed by atoms with E-state index in [0.717, 1.165) is 17.8 Å². The van der Waals surface area contributed by atoms with Crippen LogP contribution in [0.4, 0.5) is 5.00 Å². The predicted octanol–water partition coefficient (Wildman–Crippen LogP) is 3.67. The Balaban J connectivity index is 2.75. The summed E-state index contributed by atoms with van der Waals surface area (Å²) in [4.78, 5) is 10.9. The molecule has 2 unspecified atom stereocenters. The maximum Gasteiger partial charge on any atom is 0.341 e. The van der Waals surface area contributed by atoms with Crippen LogP contribution < -0.4 is 10.2 Å². The molecular weight excluding hydrogens is 337 g/mol. The monoisotopic (exact) mass is 355 g/mol. The summed E-state index contributed by atoms with van der Waals surface area (Å²) < 4.78 is 18.2. The lowest BCUT2D eigenvalue weighted by molar-refractivity contribution is -0.380. The molecule has 0 bridgehead atoms. The van der Waals surface area contributed by atoms with Crippen LogP contribution in [0.2, 0.25) is 0 Å². The lowest BCUT2D eigenvalue weighted by Gasteiger charge is -2.23. The highest BCUT2D eigenvalue weighted by molar-refractivity contribution is 7.54. The SMILES string of the molecule is CCCNP(=O)(NCCCl)OC(C)c1ccc([N+](=O)[O-])s1. The molecule has 2 N–H and O–H groups in total. The second-order valence-corrected chi connectivity index (χ2v) is 7.66. The zero-order chi connectivity index (χ0) is 15.9. The van der Waals surface area contributed by atoms with Gasteiger partial charge in [0.05, 0.1) is 11.0 Å². The van der Waals surface area contributed by atoms with Gasteiger partial charge in [0.1, 0.15) is 0 Å². The van der Waals surface area contributed by atoms with Crippen LogP contribution in [0, 0.1) is 10.1 Å². The molecule has 1 aromatic rings. The van der Waals surface area contributed by atoms with Gasteiger partial charge in [-0.2, -0.15) is 0 Å². The molecule has 1 aromatic heterocycles. The third kappa shape index (κ3) is 6.02. The van der Waals surface area contributed by atoms with Crippen molar-refractivity contribution in [3.63, 3.8) is 0 Å². The molecule has 0 aliphatic carbocycles. The zero-order valence-electron chi connectivity index (χ0n) is 11.9. The van der Waals surface area contributed by atoms with Gasteiger partial charge in [-0.1, -0.05) is 18.3 Å². The number of nitrogens with zero attached hydrogens (tertiary/aromatic N) is 1. The van der Waals surface area contributed by atoms with Crippen molar-refractivity contribution < 1.29 is 14.0 Å². The van der Waals surface area contributed by atoms with E-state index >= 15 is 0 Å². The second kappa shape index (κ2) is 8.82. The molecule has 0 aliphatic rings. The van der Waals surface area contributed by atoms with Crippen LogP contribution in [0.5, 0.6) is 0 Å². The quantitative estimate of drug-likeness (QED) is 0.288. The summed E-state index contributed by atoms with van der Waals surface area (Å²) in [6.07, 6.45) is 0.274. The van der Waals surface area contributed by atoms with Gasteiger partial charge in [0.15, 0.2) is 0 Å². The number of nitro groups is 1. The maximum absolute atomic E-state index is 12.6. The molecule has 2 atom stereocenters. The lowest BCUT2D eigenvalue weighted by atomic mass is 10.3. The van der Waals surface area contributed by atoms with Crippen molar-refractivity contribution in [2.24, 2.45) is 0 Å². The van der Waals surface area contributed by atoms with Crippen LogP contribution in [0.15, 0.2) is 12.1 Å². The summed E-state index contributed by atoms with van der Waals surface area (Å²) in [6, 6.07) is 3.02. The number of alkyl halides is 1. The molecule has 0 saturated heterocycles. The van der Waals surface area contributed by atoms with Crippen LogP contribution >= 0.6 is 30.6 Å². The molecule has 0 saturated carbocycles. The molecule has 21 heavy (non-hydrogen) atoms. The Hall–Kier alpha value is -0.500. The number of thiophene rings is 1. The predicted molar refractivity (Wildman–Crippen MR) is 85.1 cm³/mol. The molecule has 0 fully saturated rings. The van der Waals surface area contributed by atoms with Crippen LogP contribution in [0.1, 0.15) is 31.2 Å². The summed E-state index contributed by atoms with van der Waals surface area (Å²) in [5.74, 6) is 0.306. The minimum absolute atomic E-state index is 0.0329. The Morgan fingerprint density at radius 3 is 2.67 bits per heavy atom. The first-order valence-electron chi connectivity index (χ1n) is 6.50. The van der Waals surface area contributed by atoms with E-state index in [0.29, 0.717) is 23.8 Å². The van der Waals surface area contributed by atoms with Crippen LogP contribution in [-0.2, 0) is 9.09 Å². The van der Waals surface area contributed by atoms with E-state index in [2.05, 4.69) is 10.2 Å². The average molecular weight is 356 g/mol. The standard InChI is InChI=1S/C11H19ClN3O4PS/c1-3-7-13-20(18,14-8-6-12)19-9(2)10-4-5-11(21-10)15(16)17/h4-5,9H,3,6-8H2,1-2H3,(H2,13,14,18). The van der Waals surface area contributed by atoms with Crippen LogP contribution in [-0.4, -0.2) is 23.9 Å². The van der Waals surface area contributed by atoms with E-state index in [4.69, 9.17) is 16.1 Å². The molecule has 0 aliphatic heterocycles. The van der Waals surface area contributed by atoms with E-state index in [1.165, 1.54) is 6.07 Å². The minimum Gasteiger partial charge on any atom is -0.297 e. The Morgan fingerprint density at radius 2 is 2.14 bits per heavy atom. The molecule has 120 valence electrons. The number of rotatable bonds is 10. The Kier molecular flexibility index (Phi) is 7.79. The smallest absolute Gasteiger partial charge is 0.297 e. The van der Waals surface area contributed by atoms with E-state index in [-0.39, 0.29) is 5.00 Å². The van der Waals surface area contributed by atoms with Crippen molar-refractivity contribution in [2.75, 3.05) is 19.0 Å². The van der Waals surface area contributed by atoms with Gasteiger partial charge in [-0.05, 0) is 19.4 Å². The fraction of sp³-hybridized carbons (Fsp3) is 0.636. The number of nitrogens with one attached hydrogen (secondary N) is 2. The Bertz CT molecular complexity index is 501. The Morgan fingerprint density at radius 1 is 1.48 bits per heavy atom. The molecule has 1 rings (SSSR count). The zero-order valence-corrected chi connectivity index (χ0v) is 14.3. The summed E-state index contributed by atoms with van der Waals surface area (Å²) in [7, 11) is -3.24. The van der Waals surface area contributed by atoms with Gasteiger partial charge in [-0.25, -0.2) is 10.2 Å². The number of hydrogen-bond donors (Lipinski definition) is 2. The lowest BCUT2D eigenvalue weighted by Crippen LogP contribution is -2.26. The van der Waals surface area contributed by atoms with Crippen molar-refractivity contribution in [3.05, 3.63) is 27.1 Å². The molecule has 10 heteroatoms. The summed E-state index contributed by atoms with van der Waals surface area (Å²) in [6.45, 7) is 4.53. The van der Waals surface area contributed by atoms with Gasteiger partial charge < -0.3 is 0 Å². The van der Waals surface area contributed by atoms with Gasteiger partial charge in [0.25, 0.3) is 0 Å². The highest BCUT2D eigenvalue weighted by atomic mass is 35.5. The summed E-state index contributed by atoms with van der Waals surface area (Å²) in [5, 5.41) is 16.3. The van der Waals surface area contributed by atoms with Gasteiger partial charge in [-0.15, -0.1) is 11.6 Å². The molecule has 0 radical (unpaired) electrons. The highest BCUT2D eigenvalue weighted by Crippen LogP contribution is 2.44. The number of hydrogen-bond acceptors (Lipinski definition) is 5. The first-order valence-corrected chi connectivity index (χ1v) is 9.48. The van der Waals surface area contributed by atoms with Crippen molar-refractivity contribution in [1.82, 2.24) is 10.2 Å².